The summed E-state index contributed by atoms with van der Waals surface area (Å²) in [5.41, 5.74) is 0. The van der Waals surface area contributed by atoms with Crippen LogP contribution in [-0.2, 0) is 33.2 Å². The van der Waals surface area contributed by atoms with E-state index < -0.39 is 105 Å². The molecule has 3 rings (SSSR count). The van der Waals surface area contributed by atoms with Gasteiger partial charge >= 0.3 is 5.97 Å². The van der Waals surface area contributed by atoms with Crippen LogP contribution >= 0.6 is 0 Å². The van der Waals surface area contributed by atoms with Gasteiger partial charge in [-0.2, -0.15) is 0 Å². The lowest BCUT2D eigenvalue weighted by atomic mass is 9.96. The Morgan fingerprint density at radius 3 is 1.91 bits per heavy atom. The third-order valence-electron chi connectivity index (χ3n) is 6.21. The van der Waals surface area contributed by atoms with Gasteiger partial charge in [-0.1, -0.05) is 0 Å². The number of methoxy groups -OCH3 is 1. The van der Waals surface area contributed by atoms with Crippen LogP contribution in [0.2, 0.25) is 0 Å². The van der Waals surface area contributed by atoms with Crippen molar-refractivity contribution < 1.29 is 79.2 Å². The highest BCUT2D eigenvalue weighted by Crippen LogP contribution is 2.32. The van der Waals surface area contributed by atoms with Gasteiger partial charge in [-0.05, 0) is 6.92 Å². The second-order valence-electron chi connectivity index (χ2n) is 8.54. The van der Waals surface area contributed by atoms with Crippen LogP contribution in [0, 0.1) is 0 Å². The van der Waals surface area contributed by atoms with Gasteiger partial charge in [-0.3, -0.25) is 0 Å². The van der Waals surface area contributed by atoms with Crippen molar-refractivity contribution in [1.29, 1.82) is 0 Å². The first kappa shape index (κ1) is 28.5. The highest BCUT2D eigenvalue weighted by Gasteiger charge is 2.54. The molecule has 35 heavy (non-hydrogen) atoms. The third kappa shape index (κ3) is 5.60. The van der Waals surface area contributed by atoms with Gasteiger partial charge in [0.15, 0.2) is 25.0 Å². The molecule has 0 aromatic rings. The van der Waals surface area contributed by atoms with Crippen molar-refractivity contribution >= 4 is 5.97 Å². The standard InChI is InChI=1S/C19H32O16/c1-4-6(21)8(23)12(27)18(31-4)35-15-9(24)7(22)5(3-20)32-19(15)34-14-11(26)10(25)13(16(28)30-2)33-17(14)29/h4-15,17-27,29H,3H2,1-2H3/t4-,5+,6-,7-,8+,9-,10-,11-,12+,13-,14+,15+,17+,18-,19-/m0/s1. The largest absolute Gasteiger partial charge is 0.467 e. The molecule has 16 nitrogen and oxygen atoms in total. The number of hydrogen-bond donors (Lipinski definition) is 9. The Kier molecular flexibility index (Phi) is 9.38. The molecule has 0 radical (unpaired) electrons. The van der Waals surface area contributed by atoms with E-state index in [0.717, 1.165) is 7.11 Å². The lowest BCUT2D eigenvalue weighted by Crippen LogP contribution is -2.66. The summed E-state index contributed by atoms with van der Waals surface area (Å²) in [5.74, 6) is -1.08. The summed E-state index contributed by atoms with van der Waals surface area (Å²) in [6.45, 7) is 0.578. The molecule has 0 aromatic heterocycles. The van der Waals surface area contributed by atoms with Crippen molar-refractivity contribution in [2.24, 2.45) is 0 Å². The molecule has 3 aliphatic rings. The van der Waals surface area contributed by atoms with Crippen LogP contribution in [0.5, 0.6) is 0 Å². The van der Waals surface area contributed by atoms with Gasteiger partial charge in [0.1, 0.15) is 61.0 Å². The number of carbonyl (C=O) groups is 1. The minimum Gasteiger partial charge on any atom is -0.467 e. The first-order valence-corrected chi connectivity index (χ1v) is 10.8. The molecule has 0 aromatic carbocycles. The number of hydrogen-bond acceptors (Lipinski definition) is 16. The quantitative estimate of drug-likeness (QED) is 0.149. The zero-order valence-electron chi connectivity index (χ0n) is 18.8. The first-order chi connectivity index (χ1) is 16.4. The predicted octanol–water partition coefficient (Wildman–Crippen LogP) is -6.36. The maximum absolute atomic E-state index is 11.7. The minimum absolute atomic E-state index is 0.797. The Hall–Kier alpha value is -1.09. The lowest BCUT2D eigenvalue weighted by Gasteiger charge is -2.47. The summed E-state index contributed by atoms with van der Waals surface area (Å²) in [5, 5.41) is 91.4. The molecule has 204 valence electrons. The topological polar surface area (TPSA) is 255 Å². The number of esters is 1. The highest BCUT2D eigenvalue weighted by atomic mass is 16.8. The summed E-state index contributed by atoms with van der Waals surface area (Å²) in [7, 11) is 0.998. The highest BCUT2D eigenvalue weighted by molar-refractivity contribution is 5.75. The fourth-order valence-electron chi connectivity index (χ4n) is 4.06. The number of aliphatic hydroxyl groups excluding tert-OH is 9. The van der Waals surface area contributed by atoms with Gasteiger partial charge in [-0.15, -0.1) is 0 Å². The van der Waals surface area contributed by atoms with Crippen molar-refractivity contribution in [3.8, 4) is 0 Å². The van der Waals surface area contributed by atoms with E-state index in [9.17, 15) is 50.8 Å². The Morgan fingerprint density at radius 1 is 0.714 bits per heavy atom. The third-order valence-corrected chi connectivity index (χ3v) is 6.21. The molecule has 3 saturated heterocycles. The van der Waals surface area contributed by atoms with Crippen LogP contribution in [0.4, 0.5) is 0 Å². The number of aliphatic hydroxyl groups is 9. The van der Waals surface area contributed by atoms with Crippen molar-refractivity contribution in [2.75, 3.05) is 13.7 Å². The van der Waals surface area contributed by atoms with Gasteiger partial charge in [-0.25, -0.2) is 4.79 Å². The van der Waals surface area contributed by atoms with Crippen molar-refractivity contribution in [1.82, 2.24) is 0 Å². The van der Waals surface area contributed by atoms with E-state index in [0.29, 0.717) is 0 Å². The normalized spacial score (nSPS) is 51.1. The van der Waals surface area contributed by atoms with Gasteiger partial charge < -0.3 is 74.4 Å². The van der Waals surface area contributed by atoms with Gasteiger partial charge in [0, 0.05) is 0 Å². The molecule has 16 heteroatoms. The zero-order valence-corrected chi connectivity index (χ0v) is 18.8. The van der Waals surface area contributed by atoms with E-state index in [2.05, 4.69) is 4.74 Å². The van der Waals surface area contributed by atoms with E-state index in [1.165, 1.54) is 6.92 Å². The number of carbonyl (C=O) groups excluding carboxylic acids is 1. The Labute approximate surface area is 198 Å². The second kappa shape index (κ2) is 11.5. The maximum Gasteiger partial charge on any atom is 0.337 e. The molecule has 0 spiro atoms. The first-order valence-electron chi connectivity index (χ1n) is 10.8. The molecule has 0 aliphatic carbocycles. The minimum atomic E-state index is -2.02. The molecule has 15 atom stereocenters. The van der Waals surface area contributed by atoms with Crippen molar-refractivity contribution in [3.63, 3.8) is 0 Å². The molecule has 0 saturated carbocycles. The monoisotopic (exact) mass is 516 g/mol. The van der Waals surface area contributed by atoms with E-state index >= 15 is 0 Å². The average Bonchev–Trinajstić information content (AvgIpc) is 2.84. The SMILES string of the molecule is COC(=O)[C@H]1O[C@@H](O)[C@H](O[C@@H]2O[C@H](CO)[C@H](O)[C@H](O)[C@H]2O[C@@H]2O[C@@H](C)[C@H](O)[C@@H](O)[C@H]2O)[C@@H](O)[C@@H]1O. The molecular formula is C19H32O16. The maximum atomic E-state index is 11.7. The Bertz CT molecular complexity index is 710. The molecule has 3 heterocycles. The van der Waals surface area contributed by atoms with E-state index in [1.54, 1.807) is 0 Å². The molecule has 0 unspecified atom stereocenters. The molecule has 3 fully saturated rings. The smallest absolute Gasteiger partial charge is 0.337 e. The summed E-state index contributed by atoms with van der Waals surface area (Å²) >= 11 is 0. The van der Waals surface area contributed by atoms with Gasteiger partial charge in [0.05, 0.1) is 19.8 Å². The summed E-state index contributed by atoms with van der Waals surface area (Å²) < 4.78 is 31.1. The van der Waals surface area contributed by atoms with Gasteiger partial charge in [0.25, 0.3) is 0 Å². The molecule has 3 aliphatic heterocycles. The van der Waals surface area contributed by atoms with Gasteiger partial charge in [0.2, 0.25) is 0 Å². The average molecular weight is 516 g/mol. The predicted molar refractivity (Wildman–Crippen MR) is 105 cm³/mol. The van der Waals surface area contributed by atoms with E-state index in [1.807, 2.05) is 0 Å². The number of ether oxygens (including phenoxy) is 6. The summed E-state index contributed by atoms with van der Waals surface area (Å²) in [6, 6.07) is 0. The van der Waals surface area contributed by atoms with Crippen LogP contribution in [0.25, 0.3) is 0 Å². The molecule has 0 bridgehead atoms. The van der Waals surface area contributed by atoms with Crippen LogP contribution in [-0.4, -0.2) is 158 Å². The van der Waals surface area contributed by atoms with E-state index in [4.69, 9.17) is 23.7 Å². The van der Waals surface area contributed by atoms with Crippen molar-refractivity contribution in [3.05, 3.63) is 0 Å². The molecule has 9 N–H and O–H groups in total. The van der Waals surface area contributed by atoms with Crippen LogP contribution in [0.3, 0.4) is 0 Å². The molecule has 0 amide bonds. The molecular weight excluding hydrogens is 484 g/mol. The summed E-state index contributed by atoms with van der Waals surface area (Å²) in [6.07, 6.45) is -25.6. The van der Waals surface area contributed by atoms with Crippen molar-refractivity contribution in [2.45, 2.75) is 99.0 Å². The van der Waals surface area contributed by atoms with Crippen LogP contribution in [0.1, 0.15) is 6.92 Å². The number of rotatable bonds is 6. The zero-order chi connectivity index (χ0) is 26.2. The Morgan fingerprint density at radius 2 is 1.31 bits per heavy atom. The lowest BCUT2D eigenvalue weighted by molar-refractivity contribution is -0.388. The summed E-state index contributed by atoms with van der Waals surface area (Å²) in [4.78, 5) is 11.7. The van der Waals surface area contributed by atoms with E-state index in [-0.39, 0.29) is 0 Å². The van der Waals surface area contributed by atoms with Crippen LogP contribution < -0.4 is 0 Å². The Balaban J connectivity index is 1.81. The fourth-order valence-corrected chi connectivity index (χ4v) is 4.06. The van der Waals surface area contributed by atoms with Crippen LogP contribution in [0.15, 0.2) is 0 Å². The second-order valence-corrected chi connectivity index (χ2v) is 8.54. The fraction of sp³-hybridized carbons (Fsp3) is 0.947.